The third kappa shape index (κ3) is 3.11. The van der Waals surface area contributed by atoms with Crippen molar-refractivity contribution < 1.29 is 18.0 Å². The summed E-state index contributed by atoms with van der Waals surface area (Å²) in [7, 11) is 1.35. The molecule has 0 fully saturated rings. The maximum atomic E-state index is 13.7. The van der Waals surface area contributed by atoms with Crippen molar-refractivity contribution in [2.45, 2.75) is 0 Å². The first-order valence-corrected chi connectivity index (χ1v) is 6.24. The van der Waals surface area contributed by atoms with Gasteiger partial charge in [0, 0.05) is 12.6 Å². The predicted octanol–water partition coefficient (Wildman–Crippen LogP) is 4.05. The molecule has 0 aromatic heterocycles. The Balaban J connectivity index is 2.31. The number of hydrogen-bond donors (Lipinski definition) is 2. The molecule has 0 bridgehead atoms. The Kier molecular flexibility index (Phi) is 4.37. The van der Waals surface area contributed by atoms with Crippen molar-refractivity contribution in [3.8, 4) is 0 Å². The standard InChI is InChI=1S/C14H10ClF3N2O/c1-19-13-9(16)5-7(6-10(13)17)14(21)20-11-4-2-3-8(15)12(11)18/h2-6,19H,1H3,(H,20,21). The minimum atomic E-state index is -0.922. The number of halogens is 4. The lowest BCUT2D eigenvalue weighted by atomic mass is 10.1. The van der Waals surface area contributed by atoms with Gasteiger partial charge in [0.05, 0.1) is 10.7 Å². The third-order valence-electron chi connectivity index (χ3n) is 2.75. The largest absolute Gasteiger partial charge is 0.383 e. The van der Waals surface area contributed by atoms with Crippen molar-refractivity contribution in [3.63, 3.8) is 0 Å². The highest BCUT2D eigenvalue weighted by Crippen LogP contribution is 2.24. The third-order valence-corrected chi connectivity index (χ3v) is 3.05. The van der Waals surface area contributed by atoms with E-state index in [2.05, 4.69) is 10.6 Å². The molecule has 1 amide bonds. The molecular weight excluding hydrogens is 305 g/mol. The smallest absolute Gasteiger partial charge is 0.255 e. The number of carbonyl (C=O) groups is 1. The molecule has 2 aromatic carbocycles. The number of hydrogen-bond acceptors (Lipinski definition) is 2. The lowest BCUT2D eigenvalue weighted by molar-refractivity contribution is 0.102. The van der Waals surface area contributed by atoms with E-state index in [1.807, 2.05) is 0 Å². The van der Waals surface area contributed by atoms with Crippen LogP contribution in [0.1, 0.15) is 10.4 Å². The van der Waals surface area contributed by atoms with Gasteiger partial charge in [-0.05, 0) is 24.3 Å². The number of benzene rings is 2. The molecule has 3 nitrogen and oxygen atoms in total. The van der Waals surface area contributed by atoms with Crippen LogP contribution in [0.2, 0.25) is 5.02 Å². The van der Waals surface area contributed by atoms with Crippen LogP contribution < -0.4 is 10.6 Å². The lowest BCUT2D eigenvalue weighted by Crippen LogP contribution is -2.14. The number of rotatable bonds is 3. The fraction of sp³-hybridized carbons (Fsp3) is 0.0714. The molecule has 2 rings (SSSR count). The Labute approximate surface area is 123 Å². The highest BCUT2D eigenvalue weighted by atomic mass is 35.5. The Morgan fingerprint density at radius 3 is 2.33 bits per heavy atom. The van der Waals surface area contributed by atoms with E-state index in [1.54, 1.807) is 0 Å². The van der Waals surface area contributed by atoms with Gasteiger partial charge in [0.15, 0.2) is 5.82 Å². The van der Waals surface area contributed by atoms with E-state index >= 15 is 0 Å². The molecule has 2 N–H and O–H groups in total. The average molecular weight is 315 g/mol. The molecular formula is C14H10ClF3N2O. The SMILES string of the molecule is CNc1c(F)cc(C(=O)Nc2cccc(Cl)c2F)cc1F. The molecule has 7 heteroatoms. The summed E-state index contributed by atoms with van der Waals surface area (Å²) in [4.78, 5) is 11.9. The van der Waals surface area contributed by atoms with Gasteiger partial charge in [-0.1, -0.05) is 17.7 Å². The molecule has 0 aliphatic carbocycles. The van der Waals surface area contributed by atoms with Gasteiger partial charge >= 0.3 is 0 Å². The Morgan fingerprint density at radius 1 is 1.14 bits per heavy atom. The minimum absolute atomic E-state index is 0.171. The summed E-state index contributed by atoms with van der Waals surface area (Å²) < 4.78 is 40.8. The molecule has 0 unspecified atom stereocenters. The van der Waals surface area contributed by atoms with E-state index in [0.717, 1.165) is 12.1 Å². The summed E-state index contributed by atoms with van der Waals surface area (Å²) in [5.74, 6) is -3.51. The van der Waals surface area contributed by atoms with Crippen LogP contribution in [0.5, 0.6) is 0 Å². The van der Waals surface area contributed by atoms with Crippen LogP contribution in [0.25, 0.3) is 0 Å². The molecule has 0 saturated heterocycles. The molecule has 0 saturated carbocycles. The van der Waals surface area contributed by atoms with Crippen molar-refractivity contribution in [2.24, 2.45) is 0 Å². The minimum Gasteiger partial charge on any atom is -0.383 e. The topological polar surface area (TPSA) is 41.1 Å². The van der Waals surface area contributed by atoms with Gasteiger partial charge in [0.25, 0.3) is 5.91 Å². The van der Waals surface area contributed by atoms with Gasteiger partial charge in [-0.3, -0.25) is 4.79 Å². The van der Waals surface area contributed by atoms with Crippen molar-refractivity contribution in [1.29, 1.82) is 0 Å². The molecule has 0 radical (unpaired) electrons. The Morgan fingerprint density at radius 2 is 1.76 bits per heavy atom. The van der Waals surface area contributed by atoms with Crippen LogP contribution in [-0.2, 0) is 0 Å². The maximum absolute atomic E-state index is 13.7. The van der Waals surface area contributed by atoms with Crippen molar-refractivity contribution >= 4 is 28.9 Å². The fourth-order valence-corrected chi connectivity index (χ4v) is 1.91. The first kappa shape index (κ1) is 15.2. The van der Waals surface area contributed by atoms with Crippen LogP contribution in [0.15, 0.2) is 30.3 Å². The number of nitrogens with one attached hydrogen (secondary N) is 2. The molecule has 0 aliphatic heterocycles. The zero-order valence-corrected chi connectivity index (χ0v) is 11.6. The second kappa shape index (κ2) is 6.05. The lowest BCUT2D eigenvalue weighted by Gasteiger charge is -2.09. The van der Waals surface area contributed by atoms with Gasteiger partial charge in [-0.2, -0.15) is 0 Å². The zero-order valence-electron chi connectivity index (χ0n) is 10.8. The molecule has 0 spiro atoms. The summed E-state index contributed by atoms with van der Waals surface area (Å²) >= 11 is 5.58. The van der Waals surface area contributed by atoms with Crippen LogP contribution >= 0.6 is 11.6 Å². The first-order valence-electron chi connectivity index (χ1n) is 5.86. The van der Waals surface area contributed by atoms with Crippen LogP contribution in [0.3, 0.4) is 0 Å². The van der Waals surface area contributed by atoms with Gasteiger partial charge in [0.2, 0.25) is 0 Å². The number of anilines is 2. The second-order valence-electron chi connectivity index (χ2n) is 4.12. The summed E-state index contributed by atoms with van der Waals surface area (Å²) in [6, 6.07) is 5.74. The summed E-state index contributed by atoms with van der Waals surface area (Å²) in [6.07, 6.45) is 0. The summed E-state index contributed by atoms with van der Waals surface area (Å²) in [5.41, 5.74) is -0.796. The zero-order chi connectivity index (χ0) is 15.6. The normalized spacial score (nSPS) is 10.3. The molecule has 110 valence electrons. The van der Waals surface area contributed by atoms with E-state index in [1.165, 1.54) is 25.2 Å². The van der Waals surface area contributed by atoms with Gasteiger partial charge in [0.1, 0.15) is 17.3 Å². The van der Waals surface area contributed by atoms with E-state index < -0.39 is 23.4 Å². The fourth-order valence-electron chi connectivity index (χ4n) is 1.74. The van der Waals surface area contributed by atoms with E-state index in [4.69, 9.17) is 11.6 Å². The summed E-state index contributed by atoms with van der Waals surface area (Å²) in [6.45, 7) is 0. The summed E-state index contributed by atoms with van der Waals surface area (Å²) in [5, 5.41) is 4.37. The molecule has 0 heterocycles. The molecule has 0 atom stereocenters. The van der Waals surface area contributed by atoms with Crippen LogP contribution in [-0.4, -0.2) is 13.0 Å². The molecule has 21 heavy (non-hydrogen) atoms. The van der Waals surface area contributed by atoms with Gasteiger partial charge in [-0.15, -0.1) is 0 Å². The van der Waals surface area contributed by atoms with Gasteiger partial charge in [-0.25, -0.2) is 13.2 Å². The average Bonchev–Trinajstić information content (AvgIpc) is 2.43. The molecule has 0 aliphatic rings. The Hall–Kier alpha value is -2.21. The van der Waals surface area contributed by atoms with Crippen LogP contribution in [0, 0.1) is 17.5 Å². The van der Waals surface area contributed by atoms with Crippen LogP contribution in [0.4, 0.5) is 24.5 Å². The maximum Gasteiger partial charge on any atom is 0.255 e. The Bertz CT molecular complexity index is 684. The quantitative estimate of drug-likeness (QED) is 0.897. The van der Waals surface area contributed by atoms with Crippen molar-refractivity contribution in [1.82, 2.24) is 0 Å². The van der Waals surface area contributed by atoms with E-state index in [0.29, 0.717) is 0 Å². The van der Waals surface area contributed by atoms with Gasteiger partial charge < -0.3 is 10.6 Å². The number of carbonyl (C=O) groups excluding carboxylic acids is 1. The second-order valence-corrected chi connectivity index (χ2v) is 4.53. The van der Waals surface area contributed by atoms with Crippen molar-refractivity contribution in [2.75, 3.05) is 17.7 Å². The van der Waals surface area contributed by atoms with E-state index in [9.17, 15) is 18.0 Å². The van der Waals surface area contributed by atoms with E-state index in [-0.39, 0.29) is 22.0 Å². The monoisotopic (exact) mass is 314 g/mol. The van der Waals surface area contributed by atoms with Crippen molar-refractivity contribution in [3.05, 3.63) is 58.4 Å². The number of amides is 1. The highest BCUT2D eigenvalue weighted by molar-refractivity contribution is 6.31. The highest BCUT2D eigenvalue weighted by Gasteiger charge is 2.16. The first-order chi connectivity index (χ1) is 9.93. The predicted molar refractivity (Wildman–Crippen MR) is 75.3 cm³/mol. The molecule has 2 aromatic rings.